The van der Waals surface area contributed by atoms with E-state index in [0.29, 0.717) is 13.0 Å². The van der Waals surface area contributed by atoms with Crippen molar-refractivity contribution in [3.05, 3.63) is 0 Å². The summed E-state index contributed by atoms with van der Waals surface area (Å²) in [6.45, 7) is 6.11. The van der Waals surface area contributed by atoms with Crippen LogP contribution in [0.15, 0.2) is 0 Å². The highest BCUT2D eigenvalue weighted by atomic mass is 16.6. The largest absolute Gasteiger partial charge is 0.459 e. The zero-order chi connectivity index (χ0) is 10.1. The Labute approximate surface area is 78.3 Å². The summed E-state index contributed by atoms with van der Waals surface area (Å²) in [4.78, 5) is 11.4. The molecule has 0 amide bonds. The van der Waals surface area contributed by atoms with Crippen LogP contribution in [0.1, 0.15) is 27.2 Å². The van der Waals surface area contributed by atoms with Crippen LogP contribution >= 0.6 is 0 Å². The molecule has 76 valence electrons. The fourth-order valence-electron chi connectivity index (χ4n) is 1.30. The SMILES string of the molecule is CC(C)(C)OC(=O)[C@@H]1NCC[C@@H]1O. The van der Waals surface area contributed by atoms with Crippen molar-refractivity contribution in [1.29, 1.82) is 0 Å². The molecule has 1 aliphatic rings. The Bertz CT molecular complexity index is 198. The van der Waals surface area contributed by atoms with Gasteiger partial charge < -0.3 is 15.2 Å². The first kappa shape index (κ1) is 10.5. The first-order valence-corrected chi connectivity index (χ1v) is 4.54. The highest BCUT2D eigenvalue weighted by Crippen LogP contribution is 2.13. The van der Waals surface area contributed by atoms with Gasteiger partial charge in [0.05, 0.1) is 6.10 Å². The van der Waals surface area contributed by atoms with E-state index in [-0.39, 0.29) is 5.97 Å². The van der Waals surface area contributed by atoms with Crippen LogP contribution in [0.5, 0.6) is 0 Å². The summed E-state index contributed by atoms with van der Waals surface area (Å²) in [6.07, 6.45) is 0.0130. The number of nitrogens with one attached hydrogen (secondary N) is 1. The summed E-state index contributed by atoms with van der Waals surface area (Å²) in [7, 11) is 0. The van der Waals surface area contributed by atoms with Crippen molar-refractivity contribution in [2.24, 2.45) is 0 Å². The van der Waals surface area contributed by atoms with E-state index in [1.54, 1.807) is 0 Å². The molecule has 0 aromatic carbocycles. The van der Waals surface area contributed by atoms with Crippen LogP contribution in [0.25, 0.3) is 0 Å². The smallest absolute Gasteiger partial charge is 0.326 e. The van der Waals surface area contributed by atoms with Gasteiger partial charge in [0, 0.05) is 0 Å². The second-order valence-electron chi connectivity index (χ2n) is 4.32. The molecule has 1 fully saturated rings. The number of aliphatic hydroxyl groups excluding tert-OH is 1. The van der Waals surface area contributed by atoms with Crippen LogP contribution < -0.4 is 5.32 Å². The molecule has 1 aliphatic heterocycles. The lowest BCUT2D eigenvalue weighted by molar-refractivity contribution is -0.159. The molecular weight excluding hydrogens is 170 g/mol. The van der Waals surface area contributed by atoms with E-state index in [2.05, 4.69) is 5.32 Å². The van der Waals surface area contributed by atoms with E-state index in [0.717, 1.165) is 0 Å². The van der Waals surface area contributed by atoms with Gasteiger partial charge in [0.15, 0.2) is 0 Å². The number of carbonyl (C=O) groups is 1. The summed E-state index contributed by atoms with van der Waals surface area (Å²) < 4.78 is 5.13. The van der Waals surface area contributed by atoms with E-state index < -0.39 is 17.7 Å². The van der Waals surface area contributed by atoms with Gasteiger partial charge in [-0.2, -0.15) is 0 Å². The minimum Gasteiger partial charge on any atom is -0.459 e. The fraction of sp³-hybridized carbons (Fsp3) is 0.889. The van der Waals surface area contributed by atoms with Gasteiger partial charge in [-0.3, -0.25) is 4.79 Å². The lowest BCUT2D eigenvalue weighted by Gasteiger charge is -2.23. The molecule has 13 heavy (non-hydrogen) atoms. The number of rotatable bonds is 1. The van der Waals surface area contributed by atoms with Gasteiger partial charge in [0.25, 0.3) is 0 Å². The third kappa shape index (κ3) is 2.97. The highest BCUT2D eigenvalue weighted by molar-refractivity contribution is 5.77. The van der Waals surface area contributed by atoms with E-state index in [4.69, 9.17) is 4.74 Å². The molecule has 0 radical (unpaired) electrons. The van der Waals surface area contributed by atoms with Crippen molar-refractivity contribution in [1.82, 2.24) is 5.32 Å². The maximum absolute atomic E-state index is 11.4. The lowest BCUT2D eigenvalue weighted by atomic mass is 10.1. The predicted octanol–water partition coefficient (Wildman–Crippen LogP) is 0.0509. The number of ether oxygens (including phenoxy) is 1. The predicted molar refractivity (Wildman–Crippen MR) is 48.3 cm³/mol. The minimum atomic E-state index is -0.602. The number of esters is 1. The van der Waals surface area contributed by atoms with Crippen molar-refractivity contribution < 1.29 is 14.6 Å². The molecule has 0 aromatic heterocycles. The number of carbonyl (C=O) groups excluding carboxylic acids is 1. The van der Waals surface area contributed by atoms with Crippen LogP contribution in [0.3, 0.4) is 0 Å². The van der Waals surface area contributed by atoms with E-state index in [9.17, 15) is 9.90 Å². The maximum atomic E-state index is 11.4. The van der Waals surface area contributed by atoms with Crippen LogP contribution in [-0.2, 0) is 9.53 Å². The number of hydrogen-bond acceptors (Lipinski definition) is 4. The third-order valence-electron chi connectivity index (χ3n) is 1.85. The zero-order valence-electron chi connectivity index (χ0n) is 8.33. The summed E-state index contributed by atoms with van der Waals surface area (Å²) in [6, 6.07) is -0.542. The standard InChI is InChI=1S/C9H17NO3/c1-9(2,3)13-8(12)7-6(11)4-5-10-7/h6-7,10-11H,4-5H2,1-3H3/t6-,7+/m0/s1. The van der Waals surface area contributed by atoms with E-state index in [1.165, 1.54) is 0 Å². The Morgan fingerprint density at radius 3 is 2.54 bits per heavy atom. The molecule has 2 atom stereocenters. The highest BCUT2D eigenvalue weighted by Gasteiger charge is 2.34. The number of hydrogen-bond donors (Lipinski definition) is 2. The van der Waals surface area contributed by atoms with Crippen molar-refractivity contribution in [2.75, 3.05) is 6.54 Å². The van der Waals surface area contributed by atoms with E-state index in [1.807, 2.05) is 20.8 Å². The van der Waals surface area contributed by atoms with Gasteiger partial charge in [-0.1, -0.05) is 0 Å². The summed E-state index contributed by atoms with van der Waals surface area (Å²) >= 11 is 0. The zero-order valence-corrected chi connectivity index (χ0v) is 8.33. The summed E-state index contributed by atoms with van der Waals surface area (Å²) in [5.41, 5.74) is -0.485. The molecule has 0 bridgehead atoms. The van der Waals surface area contributed by atoms with Gasteiger partial charge in [-0.15, -0.1) is 0 Å². The molecule has 4 nitrogen and oxygen atoms in total. The Morgan fingerprint density at radius 1 is 1.54 bits per heavy atom. The first-order valence-electron chi connectivity index (χ1n) is 4.54. The molecule has 0 aliphatic carbocycles. The average molecular weight is 187 g/mol. The van der Waals surface area contributed by atoms with Gasteiger partial charge in [0.1, 0.15) is 11.6 Å². The molecule has 1 heterocycles. The Morgan fingerprint density at radius 2 is 2.15 bits per heavy atom. The monoisotopic (exact) mass is 187 g/mol. The molecule has 2 N–H and O–H groups in total. The van der Waals surface area contributed by atoms with Crippen molar-refractivity contribution in [3.63, 3.8) is 0 Å². The molecule has 4 heteroatoms. The Hall–Kier alpha value is -0.610. The van der Waals surface area contributed by atoms with Crippen LogP contribution in [0.2, 0.25) is 0 Å². The minimum absolute atomic E-state index is 0.363. The average Bonchev–Trinajstić information content (AvgIpc) is 2.30. The lowest BCUT2D eigenvalue weighted by Crippen LogP contribution is -2.42. The summed E-state index contributed by atoms with van der Waals surface area (Å²) in [5.74, 6) is -0.363. The second-order valence-corrected chi connectivity index (χ2v) is 4.32. The molecule has 0 spiro atoms. The van der Waals surface area contributed by atoms with Gasteiger partial charge in [0.2, 0.25) is 0 Å². The first-order chi connectivity index (χ1) is 5.90. The fourth-order valence-corrected chi connectivity index (χ4v) is 1.30. The topological polar surface area (TPSA) is 58.6 Å². The van der Waals surface area contributed by atoms with Crippen LogP contribution in [-0.4, -0.2) is 35.4 Å². The summed E-state index contributed by atoms with van der Waals surface area (Å²) in [5, 5.41) is 12.3. The van der Waals surface area contributed by atoms with E-state index >= 15 is 0 Å². The maximum Gasteiger partial charge on any atom is 0.326 e. The molecule has 1 rings (SSSR count). The Kier molecular flexibility index (Phi) is 2.93. The third-order valence-corrected chi connectivity index (χ3v) is 1.85. The van der Waals surface area contributed by atoms with Crippen molar-refractivity contribution >= 4 is 5.97 Å². The quantitative estimate of drug-likeness (QED) is 0.569. The van der Waals surface area contributed by atoms with Crippen molar-refractivity contribution in [2.45, 2.75) is 44.9 Å². The molecular formula is C9H17NO3. The van der Waals surface area contributed by atoms with Crippen molar-refractivity contribution in [3.8, 4) is 0 Å². The normalized spacial score (nSPS) is 28.9. The molecule has 0 saturated carbocycles. The van der Waals surface area contributed by atoms with Gasteiger partial charge >= 0.3 is 5.97 Å². The Balaban J connectivity index is 2.48. The van der Waals surface area contributed by atoms with Crippen LogP contribution in [0, 0.1) is 0 Å². The van der Waals surface area contributed by atoms with Gasteiger partial charge in [-0.25, -0.2) is 0 Å². The van der Waals surface area contributed by atoms with Crippen LogP contribution in [0.4, 0.5) is 0 Å². The second kappa shape index (κ2) is 3.64. The van der Waals surface area contributed by atoms with Gasteiger partial charge in [-0.05, 0) is 33.7 Å². The molecule has 1 saturated heterocycles. The molecule has 0 aromatic rings. The number of aliphatic hydroxyl groups is 1. The molecule has 0 unspecified atom stereocenters.